The second-order valence-electron chi connectivity index (χ2n) is 15.2. The van der Waals surface area contributed by atoms with Gasteiger partial charge in [0.05, 0.1) is 29.5 Å². The molecule has 0 radical (unpaired) electrons. The molecule has 2 aliphatic rings. The molecule has 0 bridgehead atoms. The molecule has 49 heavy (non-hydrogen) atoms. The van der Waals surface area contributed by atoms with Crippen molar-refractivity contribution in [2.24, 2.45) is 9.98 Å². The van der Waals surface area contributed by atoms with Gasteiger partial charge in [-0.25, -0.2) is 0 Å². The van der Waals surface area contributed by atoms with E-state index in [4.69, 9.17) is 9.98 Å². The van der Waals surface area contributed by atoms with E-state index in [0.717, 1.165) is 22.8 Å². The van der Waals surface area contributed by atoms with Crippen LogP contribution in [0.5, 0.6) is 0 Å². The quantitative estimate of drug-likeness (QED) is 0.210. The Labute approximate surface area is 294 Å². The molecule has 4 heterocycles. The molecule has 0 spiro atoms. The van der Waals surface area contributed by atoms with Crippen LogP contribution < -0.4 is 0 Å². The Kier molecular flexibility index (Phi) is 8.29. The van der Waals surface area contributed by atoms with Crippen molar-refractivity contribution in [1.29, 1.82) is 0 Å². The largest absolute Gasteiger partial charge is 0.325 e. The third-order valence-corrected chi connectivity index (χ3v) is 13.1. The van der Waals surface area contributed by atoms with Crippen LogP contribution in [0.15, 0.2) is 43.7 Å². The summed E-state index contributed by atoms with van der Waals surface area (Å²) in [5.74, 6) is 0. The molecular formula is C45H56N4. The average Bonchev–Trinajstić information content (AvgIpc) is 3.71. The lowest BCUT2D eigenvalue weighted by Gasteiger charge is -2.20. The first kappa shape index (κ1) is 34.7. The standard InChI is InChI=1S/C45H56N4/c1-20-22(3)28(9)40-38(26(20)7)36(17)48(44(40)32(13)42-30(11)24(5)34(15)46-42)19-49-37(18)39-27(8)21(2)23(4)29(10)41(39)45(49)33(14)43-31(12)25(6)35(16)47-43/h19H2,1-18H3/b42-32-,43-33-. The van der Waals surface area contributed by atoms with Crippen molar-refractivity contribution in [1.82, 2.24) is 9.13 Å². The molecule has 4 nitrogen and oxygen atoms in total. The molecule has 0 saturated heterocycles. The molecule has 0 fully saturated rings. The maximum absolute atomic E-state index is 5.17. The normalized spacial score (nSPS) is 17.4. The Morgan fingerprint density at radius 2 is 0.673 bits per heavy atom. The van der Waals surface area contributed by atoms with Gasteiger partial charge in [0.1, 0.15) is 0 Å². The summed E-state index contributed by atoms with van der Waals surface area (Å²) in [5, 5.41) is 5.48. The van der Waals surface area contributed by atoms with E-state index in [2.05, 4.69) is 134 Å². The summed E-state index contributed by atoms with van der Waals surface area (Å²) in [5.41, 5.74) is 28.3. The number of benzene rings is 2. The topological polar surface area (TPSA) is 34.6 Å². The van der Waals surface area contributed by atoms with Gasteiger partial charge in [0.2, 0.25) is 0 Å². The van der Waals surface area contributed by atoms with E-state index in [0.29, 0.717) is 6.67 Å². The lowest BCUT2D eigenvalue weighted by Crippen LogP contribution is -2.15. The van der Waals surface area contributed by atoms with Gasteiger partial charge < -0.3 is 9.13 Å². The number of aliphatic imine (C=N–C) groups is 2. The summed E-state index contributed by atoms with van der Waals surface area (Å²) in [6, 6.07) is 0. The Hall–Kier alpha value is -4.18. The minimum absolute atomic E-state index is 0.698. The Morgan fingerprint density at radius 1 is 0.388 bits per heavy atom. The smallest absolute Gasteiger partial charge is 0.0994 e. The number of aryl methyl sites for hydroxylation is 6. The molecule has 0 unspecified atom stereocenters. The van der Waals surface area contributed by atoms with Crippen LogP contribution in [-0.2, 0) is 6.67 Å². The van der Waals surface area contributed by atoms with Crippen molar-refractivity contribution in [3.8, 4) is 0 Å². The van der Waals surface area contributed by atoms with Crippen LogP contribution in [0.4, 0.5) is 0 Å². The number of aromatic nitrogens is 2. The predicted octanol–water partition coefficient (Wildman–Crippen LogP) is 12.3. The van der Waals surface area contributed by atoms with Crippen LogP contribution in [0.2, 0.25) is 0 Å². The lowest BCUT2D eigenvalue weighted by atomic mass is 9.90. The van der Waals surface area contributed by atoms with Crippen LogP contribution >= 0.6 is 0 Å². The maximum Gasteiger partial charge on any atom is 0.0994 e. The molecule has 2 aliphatic heterocycles. The lowest BCUT2D eigenvalue weighted by molar-refractivity contribution is 0.582. The first-order chi connectivity index (χ1) is 22.8. The van der Waals surface area contributed by atoms with Crippen LogP contribution in [0, 0.1) is 69.2 Å². The second-order valence-corrected chi connectivity index (χ2v) is 15.2. The zero-order valence-corrected chi connectivity index (χ0v) is 33.5. The van der Waals surface area contributed by atoms with E-state index in [1.54, 1.807) is 0 Å². The highest BCUT2D eigenvalue weighted by Gasteiger charge is 2.29. The number of hydrogen-bond acceptors (Lipinski definition) is 2. The maximum atomic E-state index is 5.17. The van der Waals surface area contributed by atoms with E-state index < -0.39 is 0 Å². The van der Waals surface area contributed by atoms with E-state index in [9.17, 15) is 0 Å². The van der Waals surface area contributed by atoms with Crippen LogP contribution in [-0.4, -0.2) is 20.6 Å². The number of allylic oxidation sites excluding steroid dienone is 6. The van der Waals surface area contributed by atoms with Crippen molar-refractivity contribution in [3.63, 3.8) is 0 Å². The average molecular weight is 653 g/mol. The van der Waals surface area contributed by atoms with E-state index in [1.165, 1.54) is 122 Å². The van der Waals surface area contributed by atoms with Gasteiger partial charge >= 0.3 is 0 Å². The zero-order valence-electron chi connectivity index (χ0n) is 33.5. The van der Waals surface area contributed by atoms with Gasteiger partial charge in [-0.05, 0) is 203 Å². The van der Waals surface area contributed by atoms with E-state index in [1.807, 2.05) is 0 Å². The molecule has 0 aliphatic carbocycles. The fourth-order valence-corrected chi connectivity index (χ4v) is 8.79. The molecule has 0 atom stereocenters. The molecule has 2 aromatic carbocycles. The highest BCUT2D eigenvalue weighted by atomic mass is 15.2. The van der Waals surface area contributed by atoms with Crippen LogP contribution in [0.3, 0.4) is 0 Å². The molecule has 0 saturated carbocycles. The number of nitrogens with zero attached hydrogens (tertiary/aromatic N) is 4. The molecule has 2 aromatic heterocycles. The molecule has 0 N–H and O–H groups in total. The first-order valence-corrected chi connectivity index (χ1v) is 17.9. The Balaban J connectivity index is 1.80. The van der Waals surface area contributed by atoms with Gasteiger partial charge in [0.15, 0.2) is 0 Å². The molecule has 6 rings (SSSR count). The molecule has 0 amide bonds. The second kappa shape index (κ2) is 11.7. The monoisotopic (exact) mass is 652 g/mol. The van der Waals surface area contributed by atoms with Gasteiger partial charge in [0.25, 0.3) is 0 Å². The van der Waals surface area contributed by atoms with Crippen molar-refractivity contribution < 1.29 is 0 Å². The molecule has 4 aromatic rings. The number of rotatable bonds is 4. The van der Waals surface area contributed by atoms with Gasteiger partial charge in [-0.3, -0.25) is 9.98 Å². The number of fused-ring (bicyclic) bond motifs is 2. The fraction of sp³-hybridized carbons (Fsp3) is 0.422. The predicted molar refractivity (Wildman–Crippen MR) is 215 cm³/mol. The van der Waals surface area contributed by atoms with Crippen molar-refractivity contribution >= 4 is 44.1 Å². The molecule has 256 valence electrons. The van der Waals surface area contributed by atoms with Gasteiger partial charge in [0, 0.05) is 44.4 Å². The van der Waals surface area contributed by atoms with Crippen molar-refractivity contribution in [2.45, 2.75) is 131 Å². The minimum Gasteiger partial charge on any atom is -0.325 e. The molecular weight excluding hydrogens is 597 g/mol. The van der Waals surface area contributed by atoms with Crippen LogP contribution in [0.25, 0.3) is 32.7 Å². The highest BCUT2D eigenvalue weighted by Crippen LogP contribution is 2.45. The summed E-state index contributed by atoms with van der Waals surface area (Å²) >= 11 is 0. The van der Waals surface area contributed by atoms with Gasteiger partial charge in [-0.15, -0.1) is 0 Å². The van der Waals surface area contributed by atoms with E-state index in [-0.39, 0.29) is 0 Å². The Bertz CT molecular complexity index is 2230. The van der Waals surface area contributed by atoms with Gasteiger partial charge in [-0.2, -0.15) is 0 Å². The summed E-state index contributed by atoms with van der Waals surface area (Å²) in [6.45, 7) is 41.5. The first-order valence-electron chi connectivity index (χ1n) is 17.9. The third-order valence-electron chi connectivity index (χ3n) is 13.1. The van der Waals surface area contributed by atoms with Gasteiger partial charge in [-0.1, -0.05) is 0 Å². The summed E-state index contributed by atoms with van der Waals surface area (Å²) in [7, 11) is 0. The Morgan fingerprint density at radius 3 is 0.939 bits per heavy atom. The highest BCUT2D eigenvalue weighted by molar-refractivity contribution is 6.08. The summed E-state index contributed by atoms with van der Waals surface area (Å²) in [6.07, 6.45) is 0. The minimum atomic E-state index is 0.698. The number of hydrogen-bond donors (Lipinski definition) is 0. The zero-order chi connectivity index (χ0) is 36.3. The SMILES string of the molecule is CC1=N/C(=C(/C)c2c3c(C)c(C)c(C)c(C)c3c(C)n2Cn2c(C)c3c(C)c(C)c(C)c(C)c3c2/C(C)=C2\N=C(C)C(C)=C2C)C(C)=C1C. The third kappa shape index (κ3) is 4.69. The fourth-order valence-electron chi connectivity index (χ4n) is 8.79. The molecule has 4 heteroatoms. The van der Waals surface area contributed by atoms with E-state index >= 15 is 0 Å². The summed E-state index contributed by atoms with van der Waals surface area (Å²) < 4.78 is 5.21. The summed E-state index contributed by atoms with van der Waals surface area (Å²) in [4.78, 5) is 10.3. The van der Waals surface area contributed by atoms with Crippen molar-refractivity contribution in [2.75, 3.05) is 0 Å². The van der Waals surface area contributed by atoms with Crippen molar-refractivity contribution in [3.05, 3.63) is 101 Å². The van der Waals surface area contributed by atoms with Crippen LogP contribution in [0.1, 0.15) is 123 Å².